The van der Waals surface area contributed by atoms with Crippen molar-refractivity contribution in [2.24, 2.45) is 11.5 Å². The highest BCUT2D eigenvalue weighted by Crippen LogP contribution is 1.91. The smallest absolute Gasteiger partial charge is 0.0871 e. The van der Waals surface area contributed by atoms with Gasteiger partial charge in [-0.25, -0.2) is 0 Å². The molecule has 0 aliphatic heterocycles. The maximum absolute atomic E-state index is 8.34. The van der Waals surface area contributed by atoms with E-state index in [0.717, 1.165) is 0 Å². The Bertz CT molecular complexity index is 47.7. The summed E-state index contributed by atoms with van der Waals surface area (Å²) in [5.41, 5.74) is 9.62. The second kappa shape index (κ2) is 2.26. The summed E-state index contributed by atoms with van der Waals surface area (Å²) >= 11 is 0. The van der Waals surface area contributed by atoms with Crippen LogP contribution < -0.4 is 11.5 Å². The molecular weight excluding hydrogens is 92.1 g/mol. The molecule has 0 amide bonds. The highest BCUT2D eigenvalue weighted by atomic mass is 16.3. The van der Waals surface area contributed by atoms with Crippen molar-refractivity contribution < 1.29 is 5.11 Å². The van der Waals surface area contributed by atoms with Crippen LogP contribution in [-0.2, 0) is 0 Å². The lowest BCUT2D eigenvalue weighted by Gasteiger charge is -2.17. The lowest BCUT2D eigenvalue weighted by molar-refractivity contribution is 0.196. The van der Waals surface area contributed by atoms with Crippen LogP contribution in [0.15, 0.2) is 0 Å². The fourth-order valence-electron chi connectivity index (χ4n) is 0.112. The van der Waals surface area contributed by atoms with E-state index in [-0.39, 0.29) is 6.61 Å². The summed E-state index contributed by atoms with van der Waals surface area (Å²) in [6.07, 6.45) is 0.601. The quantitative estimate of drug-likeness (QED) is 0.393. The minimum Gasteiger partial charge on any atom is -0.393 e. The molecule has 0 unspecified atom stereocenters. The molecule has 0 aromatic carbocycles. The van der Waals surface area contributed by atoms with Crippen LogP contribution in [0.5, 0.6) is 0 Å². The predicted molar refractivity (Wildman–Crippen MR) is 28.5 cm³/mol. The van der Waals surface area contributed by atoms with Crippen LogP contribution in [0.4, 0.5) is 0 Å². The van der Waals surface area contributed by atoms with Crippen LogP contribution >= 0.6 is 0 Å². The summed E-state index contributed by atoms with van der Waals surface area (Å²) < 4.78 is 0. The van der Waals surface area contributed by atoms with Crippen LogP contribution in [0, 0.1) is 0 Å². The second-order valence-corrected chi connectivity index (χ2v) is 1.74. The Labute approximate surface area is 43.3 Å². The van der Waals surface area contributed by atoms with Crippen molar-refractivity contribution in [1.82, 2.24) is 0 Å². The molecule has 5 N–H and O–H groups in total. The van der Waals surface area contributed by atoms with Gasteiger partial charge in [-0.3, -0.25) is 0 Å². The first-order chi connectivity index (χ1) is 3.12. The minimum absolute atomic E-state index is 0.149. The van der Waals surface area contributed by atoms with Crippen molar-refractivity contribution in [1.29, 1.82) is 0 Å². The van der Waals surface area contributed by atoms with Gasteiger partial charge >= 0.3 is 0 Å². The predicted octanol–water partition coefficient (Wildman–Crippen LogP) is -0.998. The molecule has 0 rings (SSSR count). The summed E-state index contributed by atoms with van der Waals surface area (Å²) in [4.78, 5) is 0. The van der Waals surface area contributed by atoms with Crippen LogP contribution in [0.1, 0.15) is 13.3 Å². The third-order valence-electron chi connectivity index (χ3n) is 0.953. The number of hydrogen-bond acceptors (Lipinski definition) is 3. The minimum atomic E-state index is -0.861. The molecule has 0 spiro atoms. The normalized spacial score (nSPS) is 12.0. The number of rotatable bonds is 2. The van der Waals surface area contributed by atoms with Gasteiger partial charge in [0.25, 0.3) is 0 Å². The van der Waals surface area contributed by atoms with Crippen LogP contribution in [0.2, 0.25) is 0 Å². The van der Waals surface area contributed by atoms with E-state index >= 15 is 0 Å². The van der Waals surface area contributed by atoms with E-state index in [1.807, 2.05) is 6.92 Å². The van der Waals surface area contributed by atoms with Crippen LogP contribution in [-0.4, -0.2) is 17.4 Å². The molecule has 0 atom stereocenters. The average molecular weight is 104 g/mol. The molecule has 0 aromatic rings. The molecule has 7 heavy (non-hydrogen) atoms. The number of hydrogen-bond donors (Lipinski definition) is 3. The largest absolute Gasteiger partial charge is 0.393 e. The Morgan fingerprint density at radius 1 is 1.57 bits per heavy atom. The molecule has 44 valence electrons. The molecule has 0 fully saturated rings. The molecule has 0 aliphatic carbocycles. The second-order valence-electron chi connectivity index (χ2n) is 1.74. The zero-order valence-corrected chi connectivity index (χ0v) is 4.52. The topological polar surface area (TPSA) is 72.3 Å². The Balaban J connectivity index is 3.36. The lowest BCUT2D eigenvalue weighted by Crippen LogP contribution is -2.51. The Morgan fingerprint density at radius 3 is 2.00 bits per heavy atom. The fraction of sp³-hybridized carbons (Fsp3) is 1.00. The van der Waals surface area contributed by atoms with Gasteiger partial charge in [-0.05, 0) is 6.42 Å². The van der Waals surface area contributed by atoms with Gasteiger partial charge in [-0.15, -0.1) is 0 Å². The molecule has 0 saturated heterocycles. The van der Waals surface area contributed by atoms with Gasteiger partial charge in [0.15, 0.2) is 0 Å². The van der Waals surface area contributed by atoms with Gasteiger partial charge in [-0.2, -0.15) is 0 Å². The van der Waals surface area contributed by atoms with E-state index < -0.39 is 5.66 Å². The average Bonchev–Trinajstić information content (AvgIpc) is 1.68. The number of nitrogens with two attached hydrogens (primary N) is 2. The Kier molecular flexibility index (Phi) is 2.22. The maximum Gasteiger partial charge on any atom is 0.0871 e. The first kappa shape index (κ1) is 6.88. The van der Waals surface area contributed by atoms with E-state index in [2.05, 4.69) is 0 Å². The van der Waals surface area contributed by atoms with Crippen molar-refractivity contribution in [3.63, 3.8) is 0 Å². The summed E-state index contributed by atoms with van der Waals surface area (Å²) in [6, 6.07) is 0. The molecule has 0 radical (unpaired) electrons. The molecule has 0 heterocycles. The maximum atomic E-state index is 8.34. The summed E-state index contributed by atoms with van der Waals surface area (Å²) in [5, 5.41) is 8.34. The highest BCUT2D eigenvalue weighted by molar-refractivity contribution is 4.71. The van der Waals surface area contributed by atoms with Gasteiger partial charge in [0.2, 0.25) is 0 Å². The molecule has 3 nitrogen and oxygen atoms in total. The van der Waals surface area contributed by atoms with E-state index in [1.165, 1.54) is 0 Å². The molecule has 0 saturated carbocycles. The van der Waals surface area contributed by atoms with E-state index in [4.69, 9.17) is 16.6 Å². The lowest BCUT2D eigenvalue weighted by atomic mass is 10.1. The fourth-order valence-corrected chi connectivity index (χ4v) is 0.112. The van der Waals surface area contributed by atoms with Crippen molar-refractivity contribution >= 4 is 0 Å². The monoisotopic (exact) mass is 104 g/mol. The summed E-state index contributed by atoms with van der Waals surface area (Å²) in [7, 11) is 0. The number of aliphatic hydroxyl groups excluding tert-OH is 1. The van der Waals surface area contributed by atoms with Gasteiger partial charge in [-0.1, -0.05) is 6.92 Å². The molecule has 0 bridgehead atoms. The molecule has 3 heteroatoms. The zero-order chi connectivity index (χ0) is 5.91. The number of aliphatic hydroxyl groups is 1. The van der Waals surface area contributed by atoms with E-state index in [0.29, 0.717) is 6.42 Å². The van der Waals surface area contributed by atoms with Gasteiger partial charge in [0.05, 0.1) is 12.3 Å². The van der Waals surface area contributed by atoms with Crippen molar-refractivity contribution in [2.45, 2.75) is 19.0 Å². The summed E-state index contributed by atoms with van der Waals surface area (Å²) in [6.45, 7) is 1.68. The molecule has 0 aromatic heterocycles. The first-order valence-electron chi connectivity index (χ1n) is 2.31. The summed E-state index contributed by atoms with van der Waals surface area (Å²) in [5.74, 6) is 0. The Morgan fingerprint density at radius 2 is 2.00 bits per heavy atom. The van der Waals surface area contributed by atoms with Crippen LogP contribution in [0.25, 0.3) is 0 Å². The molecule has 0 aliphatic rings. The van der Waals surface area contributed by atoms with Crippen molar-refractivity contribution in [2.75, 3.05) is 6.61 Å². The van der Waals surface area contributed by atoms with Gasteiger partial charge in [0.1, 0.15) is 0 Å². The van der Waals surface area contributed by atoms with Gasteiger partial charge in [0, 0.05) is 0 Å². The van der Waals surface area contributed by atoms with Crippen molar-refractivity contribution in [3.8, 4) is 0 Å². The van der Waals surface area contributed by atoms with E-state index in [9.17, 15) is 0 Å². The first-order valence-corrected chi connectivity index (χ1v) is 2.31. The van der Waals surface area contributed by atoms with Gasteiger partial charge < -0.3 is 16.6 Å². The third kappa shape index (κ3) is 2.56. The third-order valence-corrected chi connectivity index (χ3v) is 0.953. The zero-order valence-electron chi connectivity index (χ0n) is 4.52. The van der Waals surface area contributed by atoms with Crippen molar-refractivity contribution in [3.05, 3.63) is 0 Å². The standard InChI is InChI=1S/C4H12N2O/c1-2-4(5,6)3-7/h7H,2-3,5-6H2,1H3. The highest BCUT2D eigenvalue weighted by Gasteiger charge is 2.12. The Hall–Kier alpha value is -0.120. The van der Waals surface area contributed by atoms with Crippen LogP contribution in [0.3, 0.4) is 0 Å². The van der Waals surface area contributed by atoms with E-state index in [1.54, 1.807) is 0 Å². The molecular formula is C4H12N2O. The SMILES string of the molecule is CCC(N)(N)CO.